The Bertz CT molecular complexity index is 592. The van der Waals surface area contributed by atoms with E-state index >= 15 is 0 Å². The lowest BCUT2D eigenvalue weighted by atomic mass is 10.2. The number of nitrogens with zero attached hydrogens (tertiary/aromatic N) is 2. The molecule has 0 aliphatic heterocycles. The predicted molar refractivity (Wildman–Crippen MR) is 89.2 cm³/mol. The van der Waals surface area contributed by atoms with Gasteiger partial charge in [0, 0.05) is 18.0 Å². The molecule has 0 aliphatic carbocycles. The van der Waals surface area contributed by atoms with Crippen LogP contribution in [0, 0.1) is 13.8 Å². The molecule has 114 valence electrons. The van der Waals surface area contributed by atoms with Gasteiger partial charge in [0.25, 0.3) is 0 Å². The first-order valence-electron chi connectivity index (χ1n) is 7.45. The molecule has 1 aromatic carbocycles. The average Bonchev–Trinajstić information content (AvgIpc) is 2.78. The molecule has 0 aliphatic rings. The first-order chi connectivity index (χ1) is 10.2. The van der Waals surface area contributed by atoms with Gasteiger partial charge in [-0.1, -0.05) is 37.2 Å². The summed E-state index contributed by atoms with van der Waals surface area (Å²) in [5.74, 6) is 1.83. The highest BCUT2D eigenvalue weighted by atomic mass is 32.2. The third kappa shape index (κ3) is 4.03. The number of ether oxygens (including phenoxy) is 1. The maximum absolute atomic E-state index is 5.28. The molecule has 0 saturated heterocycles. The zero-order valence-electron chi connectivity index (χ0n) is 13.3. The predicted octanol–water partition coefficient (Wildman–Crippen LogP) is 4.60. The molecule has 0 radical (unpaired) electrons. The molecule has 0 unspecified atom stereocenters. The lowest BCUT2D eigenvalue weighted by molar-refractivity contribution is 0.414. The Hall–Kier alpha value is -1.42. The van der Waals surface area contributed by atoms with Gasteiger partial charge < -0.3 is 9.30 Å². The van der Waals surface area contributed by atoms with Crippen LogP contribution in [0.1, 0.15) is 36.7 Å². The van der Waals surface area contributed by atoms with Gasteiger partial charge in [-0.15, -0.1) is 0 Å². The third-order valence-corrected chi connectivity index (χ3v) is 4.71. The van der Waals surface area contributed by atoms with Gasteiger partial charge in [0.05, 0.1) is 12.8 Å². The zero-order chi connectivity index (χ0) is 15.2. The van der Waals surface area contributed by atoms with Gasteiger partial charge >= 0.3 is 0 Å². The topological polar surface area (TPSA) is 27.1 Å². The fourth-order valence-corrected chi connectivity index (χ4v) is 3.28. The fraction of sp³-hybridized carbons (Fsp3) is 0.471. The van der Waals surface area contributed by atoms with Crippen LogP contribution in [0.4, 0.5) is 0 Å². The molecule has 0 amide bonds. The molecule has 3 nitrogen and oxygen atoms in total. The quantitative estimate of drug-likeness (QED) is 0.699. The van der Waals surface area contributed by atoms with Crippen molar-refractivity contribution in [3.63, 3.8) is 0 Å². The van der Waals surface area contributed by atoms with E-state index in [4.69, 9.17) is 9.72 Å². The minimum Gasteiger partial charge on any atom is -0.497 e. The number of aromatic nitrogens is 2. The second-order valence-electron chi connectivity index (χ2n) is 5.21. The van der Waals surface area contributed by atoms with E-state index in [1.165, 1.54) is 24.1 Å². The van der Waals surface area contributed by atoms with Gasteiger partial charge in [0.2, 0.25) is 0 Å². The summed E-state index contributed by atoms with van der Waals surface area (Å²) in [5, 5.41) is 1.13. The van der Waals surface area contributed by atoms with Crippen molar-refractivity contribution in [1.82, 2.24) is 9.55 Å². The Balaban J connectivity index is 2.10. The number of hydrogen-bond acceptors (Lipinski definition) is 3. The van der Waals surface area contributed by atoms with E-state index in [9.17, 15) is 0 Å². The molecule has 0 atom stereocenters. The van der Waals surface area contributed by atoms with Gasteiger partial charge in [-0.25, -0.2) is 4.98 Å². The Kier molecular flexibility index (Phi) is 5.74. The summed E-state index contributed by atoms with van der Waals surface area (Å²) >= 11 is 1.80. The standard InChI is InChI=1S/C17H24N2OS/c1-5-6-10-19-14(3)13(2)18-17(19)21-12-15-8-7-9-16(11-15)20-4/h7-9,11H,5-6,10,12H2,1-4H3. The average molecular weight is 304 g/mol. The van der Waals surface area contributed by atoms with E-state index in [-0.39, 0.29) is 0 Å². The second-order valence-corrected chi connectivity index (χ2v) is 6.15. The van der Waals surface area contributed by atoms with Crippen LogP contribution in [0.3, 0.4) is 0 Å². The molecule has 0 saturated carbocycles. The number of aryl methyl sites for hydroxylation is 1. The number of imidazole rings is 1. The third-order valence-electron chi connectivity index (χ3n) is 3.66. The van der Waals surface area contributed by atoms with Crippen LogP contribution in [0.5, 0.6) is 5.75 Å². The van der Waals surface area contributed by atoms with E-state index in [0.717, 1.165) is 28.9 Å². The summed E-state index contributed by atoms with van der Waals surface area (Å²) in [6.45, 7) is 7.53. The maximum atomic E-state index is 5.28. The van der Waals surface area contributed by atoms with E-state index < -0.39 is 0 Å². The molecule has 0 fully saturated rings. The van der Waals surface area contributed by atoms with Crippen LogP contribution in [0.2, 0.25) is 0 Å². The smallest absolute Gasteiger partial charge is 0.168 e. The van der Waals surface area contributed by atoms with E-state index in [1.807, 2.05) is 12.1 Å². The molecular weight excluding hydrogens is 280 g/mol. The van der Waals surface area contributed by atoms with Crippen molar-refractivity contribution in [1.29, 1.82) is 0 Å². The summed E-state index contributed by atoms with van der Waals surface area (Å²) in [6, 6.07) is 8.24. The first-order valence-corrected chi connectivity index (χ1v) is 8.43. The van der Waals surface area contributed by atoms with Gasteiger partial charge in [0.1, 0.15) is 5.75 Å². The summed E-state index contributed by atoms with van der Waals surface area (Å²) in [7, 11) is 1.70. The van der Waals surface area contributed by atoms with Crippen molar-refractivity contribution < 1.29 is 4.74 Å². The van der Waals surface area contributed by atoms with Gasteiger partial charge in [0.15, 0.2) is 5.16 Å². The van der Waals surface area contributed by atoms with Gasteiger partial charge in [-0.05, 0) is 38.0 Å². The minimum atomic E-state index is 0.912. The van der Waals surface area contributed by atoms with Crippen LogP contribution in [-0.2, 0) is 12.3 Å². The monoisotopic (exact) mass is 304 g/mol. The number of unbranched alkanes of at least 4 members (excludes halogenated alkanes) is 1. The molecule has 2 aromatic rings. The molecule has 1 heterocycles. The van der Waals surface area contributed by atoms with Crippen LogP contribution in [0.25, 0.3) is 0 Å². The highest BCUT2D eigenvalue weighted by Gasteiger charge is 2.11. The maximum Gasteiger partial charge on any atom is 0.168 e. The van der Waals surface area contributed by atoms with Gasteiger partial charge in [-0.3, -0.25) is 0 Å². The van der Waals surface area contributed by atoms with Gasteiger partial charge in [-0.2, -0.15) is 0 Å². The number of benzene rings is 1. The van der Waals surface area contributed by atoms with Crippen molar-refractivity contribution in [3.8, 4) is 5.75 Å². The summed E-state index contributed by atoms with van der Waals surface area (Å²) in [5.41, 5.74) is 3.69. The van der Waals surface area contributed by atoms with Crippen molar-refractivity contribution in [2.75, 3.05) is 7.11 Å². The molecular formula is C17H24N2OS. The van der Waals surface area contributed by atoms with Crippen molar-refractivity contribution in [2.24, 2.45) is 0 Å². The largest absolute Gasteiger partial charge is 0.497 e. The summed E-state index contributed by atoms with van der Waals surface area (Å²) < 4.78 is 7.63. The fourth-order valence-electron chi connectivity index (χ4n) is 2.22. The molecule has 2 rings (SSSR count). The van der Waals surface area contributed by atoms with Crippen LogP contribution >= 0.6 is 11.8 Å². The van der Waals surface area contributed by atoms with Crippen LogP contribution < -0.4 is 4.74 Å². The first kappa shape index (κ1) is 16.0. The molecule has 0 bridgehead atoms. The number of rotatable bonds is 7. The van der Waals surface area contributed by atoms with E-state index in [1.54, 1.807) is 18.9 Å². The van der Waals surface area contributed by atoms with Crippen molar-refractivity contribution in [3.05, 3.63) is 41.2 Å². The minimum absolute atomic E-state index is 0.912. The summed E-state index contributed by atoms with van der Waals surface area (Å²) in [6.07, 6.45) is 2.40. The Morgan fingerprint density at radius 3 is 2.81 bits per heavy atom. The molecule has 4 heteroatoms. The lowest BCUT2D eigenvalue weighted by Gasteiger charge is -2.09. The van der Waals surface area contributed by atoms with Crippen molar-refractivity contribution in [2.45, 2.75) is 51.1 Å². The number of hydrogen-bond donors (Lipinski definition) is 0. The van der Waals surface area contributed by atoms with Crippen LogP contribution in [-0.4, -0.2) is 16.7 Å². The van der Waals surface area contributed by atoms with E-state index in [2.05, 4.69) is 37.5 Å². The normalized spacial score (nSPS) is 10.9. The Morgan fingerprint density at radius 2 is 2.10 bits per heavy atom. The summed E-state index contributed by atoms with van der Waals surface area (Å²) in [4.78, 5) is 4.72. The Labute approximate surface area is 131 Å². The van der Waals surface area contributed by atoms with Crippen molar-refractivity contribution >= 4 is 11.8 Å². The highest BCUT2D eigenvalue weighted by molar-refractivity contribution is 7.98. The highest BCUT2D eigenvalue weighted by Crippen LogP contribution is 2.26. The molecule has 0 N–H and O–H groups in total. The second kappa shape index (κ2) is 7.55. The molecule has 21 heavy (non-hydrogen) atoms. The zero-order valence-corrected chi connectivity index (χ0v) is 14.2. The number of methoxy groups -OCH3 is 1. The Morgan fingerprint density at radius 1 is 1.29 bits per heavy atom. The van der Waals surface area contributed by atoms with E-state index in [0.29, 0.717) is 0 Å². The molecule has 0 spiro atoms. The SMILES string of the molecule is CCCCn1c(SCc2cccc(OC)c2)nc(C)c1C. The lowest BCUT2D eigenvalue weighted by Crippen LogP contribution is -2.02. The van der Waals surface area contributed by atoms with Crippen LogP contribution in [0.15, 0.2) is 29.4 Å². The number of thioether (sulfide) groups is 1. The molecule has 1 aromatic heterocycles.